The molecule has 1 aliphatic heterocycles. The van der Waals surface area contributed by atoms with Crippen molar-refractivity contribution in [2.75, 3.05) is 13.1 Å². The Kier molecular flexibility index (Phi) is 4.03. The van der Waals surface area contributed by atoms with Gasteiger partial charge in [0, 0.05) is 24.7 Å². The maximum atomic E-state index is 13.3. The standard InChI is InChI=1S/C19H22N4O3/c1-10-7-14(12(3)25-10)16-8-15(17-11(2)22-26-18(17)21-16)19(24)23-6-4-5-13(23)9-20/h7-8,13H,4-6,9,20H2,1-3H3. The fraction of sp³-hybridized carbons (Fsp3) is 0.421. The van der Waals surface area contributed by atoms with Crippen molar-refractivity contribution in [1.82, 2.24) is 15.0 Å². The van der Waals surface area contributed by atoms with Gasteiger partial charge in [0.1, 0.15) is 11.5 Å². The molecule has 26 heavy (non-hydrogen) atoms. The van der Waals surface area contributed by atoms with Gasteiger partial charge < -0.3 is 19.6 Å². The molecule has 0 aliphatic carbocycles. The van der Waals surface area contributed by atoms with E-state index in [4.69, 9.17) is 14.7 Å². The molecule has 1 fully saturated rings. The Morgan fingerprint density at radius 3 is 2.85 bits per heavy atom. The molecule has 1 aliphatic rings. The zero-order valence-electron chi connectivity index (χ0n) is 15.2. The molecule has 1 atom stereocenters. The van der Waals surface area contributed by atoms with Gasteiger partial charge in [0.2, 0.25) is 0 Å². The number of carbonyl (C=O) groups excluding carboxylic acids is 1. The SMILES string of the molecule is Cc1cc(-c2cc(C(=O)N3CCCC3CN)c3c(C)noc3n2)c(C)o1. The number of fused-ring (bicyclic) bond motifs is 1. The lowest BCUT2D eigenvalue weighted by Crippen LogP contribution is -2.40. The molecule has 4 heterocycles. The molecular formula is C19H22N4O3. The lowest BCUT2D eigenvalue weighted by atomic mass is 10.0. The van der Waals surface area contributed by atoms with Crippen LogP contribution in [0.5, 0.6) is 0 Å². The highest BCUT2D eigenvalue weighted by Gasteiger charge is 2.31. The molecule has 0 saturated carbocycles. The van der Waals surface area contributed by atoms with Gasteiger partial charge in [-0.15, -0.1) is 0 Å². The van der Waals surface area contributed by atoms with Crippen molar-refractivity contribution in [1.29, 1.82) is 0 Å². The van der Waals surface area contributed by atoms with Crippen molar-refractivity contribution >= 4 is 17.0 Å². The molecule has 2 N–H and O–H groups in total. The normalized spacial score (nSPS) is 17.4. The monoisotopic (exact) mass is 354 g/mol. The van der Waals surface area contributed by atoms with Gasteiger partial charge in [0.05, 0.1) is 22.3 Å². The van der Waals surface area contributed by atoms with E-state index in [9.17, 15) is 4.79 Å². The molecule has 0 radical (unpaired) electrons. The molecule has 7 heteroatoms. The van der Waals surface area contributed by atoms with Crippen molar-refractivity contribution in [2.24, 2.45) is 5.73 Å². The lowest BCUT2D eigenvalue weighted by Gasteiger charge is -2.24. The summed E-state index contributed by atoms with van der Waals surface area (Å²) in [6.45, 7) is 6.77. The Bertz CT molecular complexity index is 988. The summed E-state index contributed by atoms with van der Waals surface area (Å²) in [5, 5.41) is 4.68. The van der Waals surface area contributed by atoms with Crippen LogP contribution >= 0.6 is 0 Å². The first-order valence-corrected chi connectivity index (χ1v) is 8.85. The molecule has 0 bridgehead atoms. The van der Waals surface area contributed by atoms with E-state index in [1.54, 1.807) is 0 Å². The highest BCUT2D eigenvalue weighted by atomic mass is 16.5. The topological polar surface area (TPSA) is 98.4 Å². The molecule has 0 aromatic carbocycles. The molecule has 7 nitrogen and oxygen atoms in total. The lowest BCUT2D eigenvalue weighted by molar-refractivity contribution is 0.0743. The zero-order chi connectivity index (χ0) is 18.4. The summed E-state index contributed by atoms with van der Waals surface area (Å²) in [5.74, 6) is 1.50. The van der Waals surface area contributed by atoms with Gasteiger partial charge in [0.25, 0.3) is 11.6 Å². The van der Waals surface area contributed by atoms with Gasteiger partial charge in [-0.3, -0.25) is 4.79 Å². The average molecular weight is 354 g/mol. The predicted molar refractivity (Wildman–Crippen MR) is 96.8 cm³/mol. The molecule has 1 amide bonds. The number of furan rings is 1. The Morgan fingerprint density at radius 2 is 2.15 bits per heavy atom. The second kappa shape index (κ2) is 6.25. The van der Waals surface area contributed by atoms with E-state index in [-0.39, 0.29) is 11.9 Å². The van der Waals surface area contributed by atoms with Crippen LogP contribution < -0.4 is 5.73 Å². The minimum atomic E-state index is -0.0456. The van der Waals surface area contributed by atoms with Gasteiger partial charge in [-0.25, -0.2) is 4.98 Å². The molecule has 0 spiro atoms. The summed E-state index contributed by atoms with van der Waals surface area (Å²) in [5.41, 5.74) is 8.94. The summed E-state index contributed by atoms with van der Waals surface area (Å²) in [4.78, 5) is 19.7. The van der Waals surface area contributed by atoms with E-state index in [1.165, 1.54) is 0 Å². The zero-order valence-corrected chi connectivity index (χ0v) is 15.2. The quantitative estimate of drug-likeness (QED) is 0.776. The molecule has 1 saturated heterocycles. The van der Waals surface area contributed by atoms with E-state index >= 15 is 0 Å². The van der Waals surface area contributed by atoms with E-state index in [0.29, 0.717) is 41.1 Å². The number of hydrogen-bond donors (Lipinski definition) is 1. The number of aryl methyl sites for hydroxylation is 3. The van der Waals surface area contributed by atoms with Crippen molar-refractivity contribution < 1.29 is 13.7 Å². The van der Waals surface area contributed by atoms with Crippen LogP contribution in [-0.2, 0) is 0 Å². The summed E-state index contributed by atoms with van der Waals surface area (Å²) < 4.78 is 11.0. The first-order chi connectivity index (χ1) is 12.5. The van der Waals surface area contributed by atoms with Crippen LogP contribution in [0.3, 0.4) is 0 Å². The van der Waals surface area contributed by atoms with Crippen LogP contribution in [0.1, 0.15) is 40.4 Å². The van der Waals surface area contributed by atoms with Gasteiger partial charge in [-0.2, -0.15) is 0 Å². The van der Waals surface area contributed by atoms with Crippen molar-refractivity contribution in [3.8, 4) is 11.3 Å². The van der Waals surface area contributed by atoms with E-state index in [0.717, 1.165) is 29.9 Å². The Hall–Kier alpha value is -2.67. The highest BCUT2D eigenvalue weighted by molar-refractivity contribution is 6.07. The van der Waals surface area contributed by atoms with E-state index in [2.05, 4.69) is 10.1 Å². The van der Waals surface area contributed by atoms with Crippen LogP contribution in [0.15, 0.2) is 21.1 Å². The fourth-order valence-corrected chi connectivity index (χ4v) is 3.79. The summed E-state index contributed by atoms with van der Waals surface area (Å²) in [6, 6.07) is 3.81. The number of pyridine rings is 1. The first-order valence-electron chi connectivity index (χ1n) is 8.85. The minimum Gasteiger partial charge on any atom is -0.466 e. The second-order valence-electron chi connectivity index (χ2n) is 6.86. The molecule has 3 aromatic heterocycles. The van der Waals surface area contributed by atoms with Crippen LogP contribution in [0.25, 0.3) is 22.4 Å². The third kappa shape index (κ3) is 2.59. The van der Waals surface area contributed by atoms with Gasteiger partial charge in [-0.1, -0.05) is 5.16 Å². The number of likely N-dealkylation sites (tertiary alicyclic amines) is 1. The number of nitrogens with zero attached hydrogens (tertiary/aromatic N) is 3. The van der Waals surface area contributed by atoms with Crippen molar-refractivity contribution in [3.63, 3.8) is 0 Å². The maximum Gasteiger partial charge on any atom is 0.259 e. The fourth-order valence-electron chi connectivity index (χ4n) is 3.79. The number of carbonyl (C=O) groups is 1. The molecule has 4 rings (SSSR count). The summed E-state index contributed by atoms with van der Waals surface area (Å²) >= 11 is 0. The van der Waals surface area contributed by atoms with E-state index in [1.807, 2.05) is 37.8 Å². The van der Waals surface area contributed by atoms with Crippen LogP contribution in [-0.4, -0.2) is 40.1 Å². The predicted octanol–water partition coefficient (Wildman–Crippen LogP) is 2.97. The van der Waals surface area contributed by atoms with Crippen molar-refractivity contribution in [3.05, 3.63) is 34.9 Å². The summed E-state index contributed by atoms with van der Waals surface area (Å²) in [6.07, 6.45) is 1.91. The Labute approximate surface area is 151 Å². The number of aromatic nitrogens is 2. The first kappa shape index (κ1) is 16.8. The average Bonchev–Trinajstić information content (AvgIpc) is 3.32. The van der Waals surface area contributed by atoms with E-state index < -0.39 is 0 Å². The number of amides is 1. The number of rotatable bonds is 3. The highest BCUT2D eigenvalue weighted by Crippen LogP contribution is 2.32. The van der Waals surface area contributed by atoms with Crippen LogP contribution in [0.2, 0.25) is 0 Å². The maximum absolute atomic E-state index is 13.3. The van der Waals surface area contributed by atoms with Crippen LogP contribution in [0.4, 0.5) is 0 Å². The number of hydrogen-bond acceptors (Lipinski definition) is 6. The Balaban J connectivity index is 1.88. The Morgan fingerprint density at radius 1 is 1.35 bits per heavy atom. The molecular weight excluding hydrogens is 332 g/mol. The third-order valence-electron chi connectivity index (χ3n) is 5.07. The number of nitrogens with two attached hydrogens (primary N) is 1. The molecule has 136 valence electrons. The second-order valence-corrected chi connectivity index (χ2v) is 6.86. The van der Waals surface area contributed by atoms with Crippen molar-refractivity contribution in [2.45, 2.75) is 39.7 Å². The third-order valence-corrected chi connectivity index (χ3v) is 5.07. The largest absolute Gasteiger partial charge is 0.466 e. The molecule has 1 unspecified atom stereocenters. The summed E-state index contributed by atoms with van der Waals surface area (Å²) in [7, 11) is 0. The smallest absolute Gasteiger partial charge is 0.259 e. The van der Waals surface area contributed by atoms with Gasteiger partial charge in [-0.05, 0) is 45.7 Å². The van der Waals surface area contributed by atoms with Gasteiger partial charge in [0.15, 0.2) is 0 Å². The molecule has 3 aromatic rings. The van der Waals surface area contributed by atoms with Crippen LogP contribution in [0, 0.1) is 20.8 Å². The van der Waals surface area contributed by atoms with Gasteiger partial charge >= 0.3 is 0 Å². The minimum absolute atomic E-state index is 0.0456.